The summed E-state index contributed by atoms with van der Waals surface area (Å²) in [5.41, 5.74) is -0.175. The van der Waals surface area contributed by atoms with Gasteiger partial charge in [-0.2, -0.15) is 4.37 Å². The molecular formula is C14H16N2O4S2. The van der Waals surface area contributed by atoms with Gasteiger partial charge in [-0.1, -0.05) is 12.1 Å². The van der Waals surface area contributed by atoms with Crippen molar-refractivity contribution in [2.24, 2.45) is 0 Å². The number of aromatic nitrogens is 1. The van der Waals surface area contributed by atoms with Crippen LogP contribution in [-0.2, 0) is 25.0 Å². The molecule has 0 aliphatic rings. The lowest BCUT2D eigenvalue weighted by atomic mass is 9.85. The zero-order chi connectivity index (χ0) is 16.4. The predicted molar refractivity (Wildman–Crippen MR) is 84.4 cm³/mol. The zero-order valence-corrected chi connectivity index (χ0v) is 14.0. The molecule has 0 aliphatic heterocycles. The second-order valence-corrected chi connectivity index (χ2v) is 7.48. The zero-order valence-electron chi connectivity index (χ0n) is 12.4. The van der Waals surface area contributed by atoms with Gasteiger partial charge in [-0.25, -0.2) is 8.42 Å². The van der Waals surface area contributed by atoms with Gasteiger partial charge in [-0.15, -0.1) is 0 Å². The number of sulfonamides is 1. The molecule has 118 valence electrons. The molecule has 0 fully saturated rings. The standard InChI is InChI=1S/C14H16N2O4S2/c1-14(2,13(17)20-3)10-4-6-11(7-5-10)22(18,19)16-12-8-9-21-15-12/h4-9H,1-3H3,(H,15,16). The first-order chi connectivity index (χ1) is 10.3. The van der Waals surface area contributed by atoms with Crippen molar-refractivity contribution in [3.05, 3.63) is 41.3 Å². The highest BCUT2D eigenvalue weighted by Crippen LogP contribution is 2.26. The van der Waals surface area contributed by atoms with E-state index in [0.29, 0.717) is 5.56 Å². The second-order valence-electron chi connectivity index (χ2n) is 5.13. The predicted octanol–water partition coefficient (Wildman–Crippen LogP) is 2.39. The third kappa shape index (κ3) is 3.28. The number of carbonyl (C=O) groups excluding carboxylic acids is 1. The fourth-order valence-corrected chi connectivity index (χ4v) is 3.42. The van der Waals surface area contributed by atoms with E-state index >= 15 is 0 Å². The Hall–Kier alpha value is -1.93. The van der Waals surface area contributed by atoms with Crippen molar-refractivity contribution in [1.82, 2.24) is 4.37 Å². The number of hydrogen-bond acceptors (Lipinski definition) is 6. The van der Waals surface area contributed by atoms with E-state index in [9.17, 15) is 13.2 Å². The van der Waals surface area contributed by atoms with E-state index in [1.54, 1.807) is 37.4 Å². The van der Waals surface area contributed by atoms with Crippen LogP contribution in [0.3, 0.4) is 0 Å². The Kier molecular flexibility index (Phi) is 4.52. The number of nitrogens with zero attached hydrogens (tertiary/aromatic N) is 1. The van der Waals surface area contributed by atoms with Gasteiger partial charge in [0.15, 0.2) is 5.82 Å². The quantitative estimate of drug-likeness (QED) is 0.845. The van der Waals surface area contributed by atoms with Crippen LogP contribution in [0, 0.1) is 0 Å². The number of rotatable bonds is 5. The summed E-state index contributed by atoms with van der Waals surface area (Å²) < 4.78 is 35.5. The van der Waals surface area contributed by atoms with Gasteiger partial charge in [-0.3, -0.25) is 9.52 Å². The molecule has 1 N–H and O–H groups in total. The number of methoxy groups -OCH3 is 1. The second kappa shape index (κ2) is 6.05. The van der Waals surface area contributed by atoms with Gasteiger partial charge in [0, 0.05) is 5.38 Å². The van der Waals surface area contributed by atoms with Crippen molar-refractivity contribution in [1.29, 1.82) is 0 Å². The van der Waals surface area contributed by atoms with Crippen molar-refractivity contribution in [3.63, 3.8) is 0 Å². The molecule has 1 aromatic carbocycles. The minimum absolute atomic E-state index is 0.102. The number of benzene rings is 1. The van der Waals surface area contributed by atoms with Crippen molar-refractivity contribution in [2.45, 2.75) is 24.2 Å². The number of nitrogens with one attached hydrogen (secondary N) is 1. The molecule has 1 aromatic heterocycles. The first-order valence-corrected chi connectivity index (χ1v) is 8.71. The third-order valence-corrected chi connectivity index (χ3v) is 5.19. The van der Waals surface area contributed by atoms with E-state index in [4.69, 9.17) is 4.74 Å². The van der Waals surface area contributed by atoms with E-state index in [0.717, 1.165) is 11.5 Å². The lowest BCUT2D eigenvalue weighted by molar-refractivity contribution is -0.146. The van der Waals surface area contributed by atoms with E-state index < -0.39 is 15.4 Å². The molecule has 22 heavy (non-hydrogen) atoms. The number of hydrogen-bond donors (Lipinski definition) is 1. The minimum Gasteiger partial charge on any atom is -0.468 e. The molecule has 0 radical (unpaired) electrons. The van der Waals surface area contributed by atoms with Crippen molar-refractivity contribution in [3.8, 4) is 0 Å². The third-order valence-electron chi connectivity index (χ3n) is 3.26. The Balaban J connectivity index is 2.27. The molecule has 0 saturated carbocycles. The average molecular weight is 340 g/mol. The topological polar surface area (TPSA) is 85.4 Å². The molecule has 2 rings (SSSR count). The van der Waals surface area contributed by atoms with Crippen LogP contribution < -0.4 is 4.72 Å². The minimum atomic E-state index is -3.69. The first-order valence-electron chi connectivity index (χ1n) is 6.39. The average Bonchev–Trinajstić information content (AvgIpc) is 2.98. The van der Waals surface area contributed by atoms with Gasteiger partial charge >= 0.3 is 5.97 Å². The van der Waals surface area contributed by atoms with Crippen LogP contribution in [0.15, 0.2) is 40.6 Å². The van der Waals surface area contributed by atoms with E-state index in [-0.39, 0.29) is 16.7 Å². The summed E-state index contributed by atoms with van der Waals surface area (Å²) in [6.45, 7) is 3.44. The maximum atomic E-state index is 12.2. The highest BCUT2D eigenvalue weighted by molar-refractivity contribution is 7.92. The summed E-state index contributed by atoms with van der Waals surface area (Å²) in [4.78, 5) is 11.9. The molecule has 2 aromatic rings. The monoisotopic (exact) mass is 340 g/mol. The molecule has 0 amide bonds. The molecule has 0 bridgehead atoms. The normalized spacial score (nSPS) is 12.0. The fourth-order valence-electron chi connectivity index (χ4n) is 1.89. The van der Waals surface area contributed by atoms with E-state index in [1.807, 2.05) is 0 Å². The summed E-state index contributed by atoms with van der Waals surface area (Å²) in [7, 11) is -2.37. The largest absolute Gasteiger partial charge is 0.468 e. The summed E-state index contributed by atoms with van der Waals surface area (Å²) in [5.74, 6) is -0.104. The van der Waals surface area contributed by atoms with Crippen LogP contribution in [0.5, 0.6) is 0 Å². The van der Waals surface area contributed by atoms with E-state index in [1.165, 1.54) is 19.2 Å². The number of esters is 1. The van der Waals surface area contributed by atoms with Crippen LogP contribution in [0.25, 0.3) is 0 Å². The molecular weight excluding hydrogens is 324 g/mol. The van der Waals surface area contributed by atoms with Crippen molar-refractivity contribution < 1.29 is 17.9 Å². The molecule has 1 heterocycles. The number of anilines is 1. The maximum absolute atomic E-state index is 12.2. The SMILES string of the molecule is COC(=O)C(C)(C)c1ccc(S(=O)(=O)Nc2ccsn2)cc1. The lowest BCUT2D eigenvalue weighted by Crippen LogP contribution is -2.30. The Bertz CT molecular complexity index is 751. The molecule has 0 unspecified atom stereocenters. The summed E-state index contributed by atoms with van der Waals surface area (Å²) >= 11 is 1.16. The Morgan fingerprint density at radius 3 is 2.36 bits per heavy atom. The molecule has 0 spiro atoms. The van der Waals surface area contributed by atoms with Crippen LogP contribution in [0.2, 0.25) is 0 Å². The van der Waals surface area contributed by atoms with Crippen molar-refractivity contribution >= 4 is 33.3 Å². The van der Waals surface area contributed by atoms with Gasteiger partial charge < -0.3 is 4.74 Å². The molecule has 6 nitrogen and oxygen atoms in total. The highest BCUT2D eigenvalue weighted by atomic mass is 32.2. The molecule has 0 saturated heterocycles. The van der Waals surface area contributed by atoms with Gasteiger partial charge in [-0.05, 0) is 49.1 Å². The molecule has 0 atom stereocenters. The Morgan fingerprint density at radius 1 is 1.23 bits per heavy atom. The number of ether oxygens (including phenoxy) is 1. The van der Waals surface area contributed by atoms with E-state index in [2.05, 4.69) is 9.10 Å². The van der Waals surface area contributed by atoms with Gasteiger partial charge in [0.2, 0.25) is 0 Å². The first kappa shape index (κ1) is 16.4. The molecule has 8 heteroatoms. The summed E-state index contributed by atoms with van der Waals surface area (Å²) in [6, 6.07) is 7.69. The smallest absolute Gasteiger partial charge is 0.315 e. The number of carbonyl (C=O) groups is 1. The lowest BCUT2D eigenvalue weighted by Gasteiger charge is -2.22. The van der Waals surface area contributed by atoms with Gasteiger partial charge in [0.1, 0.15) is 0 Å². The highest BCUT2D eigenvalue weighted by Gasteiger charge is 2.31. The molecule has 0 aliphatic carbocycles. The van der Waals surface area contributed by atoms with Crippen LogP contribution in [0.1, 0.15) is 19.4 Å². The Labute approximate surface area is 133 Å². The van der Waals surface area contributed by atoms with Gasteiger partial charge in [0.05, 0.1) is 17.4 Å². The maximum Gasteiger partial charge on any atom is 0.315 e. The fraction of sp³-hybridized carbons (Fsp3) is 0.286. The van der Waals surface area contributed by atoms with Crippen LogP contribution in [-0.4, -0.2) is 25.9 Å². The summed E-state index contributed by atoms with van der Waals surface area (Å²) in [5, 5.41) is 1.68. The van der Waals surface area contributed by atoms with Crippen LogP contribution in [0.4, 0.5) is 5.82 Å². The Morgan fingerprint density at radius 2 is 1.86 bits per heavy atom. The summed E-state index contributed by atoms with van der Waals surface area (Å²) in [6.07, 6.45) is 0. The van der Waals surface area contributed by atoms with Crippen molar-refractivity contribution in [2.75, 3.05) is 11.8 Å². The van der Waals surface area contributed by atoms with Gasteiger partial charge in [0.25, 0.3) is 10.0 Å². The van der Waals surface area contributed by atoms with Crippen LogP contribution >= 0.6 is 11.5 Å².